The van der Waals surface area contributed by atoms with Gasteiger partial charge in [0.2, 0.25) is 0 Å². The molecule has 0 saturated carbocycles. The molecule has 0 aliphatic heterocycles. The summed E-state index contributed by atoms with van der Waals surface area (Å²) in [4.78, 5) is 0. The highest BCUT2D eigenvalue weighted by Crippen LogP contribution is 2.31. The van der Waals surface area contributed by atoms with Crippen molar-refractivity contribution < 1.29 is 0 Å². The standard InChI is InChI=1S/C20H20/c1-2-8-20(17-10-4-3-5-11-17)19-14-13-16-9-6-7-12-18(16)15-19/h3-7,9-15,20H,2,8H2,1H3/t20-/m1/s1. The Labute approximate surface area is 121 Å². The van der Waals surface area contributed by atoms with E-state index in [-0.39, 0.29) is 0 Å². The first-order valence-electron chi connectivity index (χ1n) is 7.42. The summed E-state index contributed by atoms with van der Waals surface area (Å²) in [6.07, 6.45) is 2.40. The van der Waals surface area contributed by atoms with Crippen molar-refractivity contribution in [3.63, 3.8) is 0 Å². The lowest BCUT2D eigenvalue weighted by Crippen LogP contribution is -2.00. The van der Waals surface area contributed by atoms with Gasteiger partial charge in [-0.2, -0.15) is 0 Å². The van der Waals surface area contributed by atoms with Gasteiger partial charge in [-0.15, -0.1) is 0 Å². The summed E-state index contributed by atoms with van der Waals surface area (Å²) in [7, 11) is 0. The Morgan fingerprint density at radius 2 is 1.40 bits per heavy atom. The molecule has 0 spiro atoms. The van der Waals surface area contributed by atoms with Crippen molar-refractivity contribution >= 4 is 10.8 Å². The molecular weight excluding hydrogens is 240 g/mol. The average Bonchev–Trinajstić information content (AvgIpc) is 2.53. The molecule has 3 rings (SSSR count). The Kier molecular flexibility index (Phi) is 3.83. The third-order valence-electron chi connectivity index (χ3n) is 3.96. The first kappa shape index (κ1) is 12.9. The molecule has 20 heavy (non-hydrogen) atoms. The van der Waals surface area contributed by atoms with Gasteiger partial charge < -0.3 is 0 Å². The Hall–Kier alpha value is -2.08. The van der Waals surface area contributed by atoms with Crippen LogP contribution in [0, 0.1) is 0 Å². The highest BCUT2D eigenvalue weighted by molar-refractivity contribution is 5.83. The van der Waals surface area contributed by atoms with Crippen LogP contribution in [0.1, 0.15) is 36.8 Å². The fourth-order valence-corrected chi connectivity index (χ4v) is 2.92. The highest BCUT2D eigenvalue weighted by atomic mass is 14.2. The third-order valence-corrected chi connectivity index (χ3v) is 3.96. The van der Waals surface area contributed by atoms with E-state index in [0.29, 0.717) is 5.92 Å². The maximum absolute atomic E-state index is 2.35. The van der Waals surface area contributed by atoms with Gasteiger partial charge in [0, 0.05) is 5.92 Å². The summed E-state index contributed by atoms with van der Waals surface area (Å²) in [5.41, 5.74) is 2.85. The van der Waals surface area contributed by atoms with E-state index in [1.165, 1.54) is 34.7 Å². The predicted molar refractivity (Wildman–Crippen MR) is 87.1 cm³/mol. The van der Waals surface area contributed by atoms with Crippen molar-refractivity contribution in [2.75, 3.05) is 0 Å². The molecule has 0 heterocycles. The number of hydrogen-bond acceptors (Lipinski definition) is 0. The molecule has 100 valence electrons. The van der Waals surface area contributed by atoms with Crippen LogP contribution in [-0.4, -0.2) is 0 Å². The molecule has 0 aliphatic carbocycles. The second-order valence-corrected chi connectivity index (χ2v) is 5.36. The van der Waals surface area contributed by atoms with Gasteiger partial charge in [0.25, 0.3) is 0 Å². The van der Waals surface area contributed by atoms with Crippen LogP contribution in [0.25, 0.3) is 10.8 Å². The van der Waals surface area contributed by atoms with E-state index in [1.807, 2.05) is 0 Å². The minimum atomic E-state index is 0.505. The number of hydrogen-bond donors (Lipinski definition) is 0. The fraction of sp³-hybridized carbons (Fsp3) is 0.200. The minimum absolute atomic E-state index is 0.505. The van der Waals surface area contributed by atoms with Crippen LogP contribution >= 0.6 is 0 Å². The van der Waals surface area contributed by atoms with Crippen LogP contribution in [0.5, 0.6) is 0 Å². The number of fused-ring (bicyclic) bond motifs is 1. The Morgan fingerprint density at radius 3 is 2.15 bits per heavy atom. The second kappa shape index (κ2) is 5.92. The van der Waals surface area contributed by atoms with Gasteiger partial charge in [-0.1, -0.05) is 86.1 Å². The summed E-state index contributed by atoms with van der Waals surface area (Å²) < 4.78 is 0. The molecule has 0 aliphatic rings. The lowest BCUT2D eigenvalue weighted by atomic mass is 9.87. The van der Waals surface area contributed by atoms with E-state index in [1.54, 1.807) is 0 Å². The molecule has 0 radical (unpaired) electrons. The Balaban J connectivity index is 2.05. The van der Waals surface area contributed by atoms with Crippen molar-refractivity contribution in [1.82, 2.24) is 0 Å². The Bertz CT molecular complexity index is 682. The van der Waals surface area contributed by atoms with Gasteiger partial charge >= 0.3 is 0 Å². The van der Waals surface area contributed by atoms with E-state index in [0.717, 1.165) is 0 Å². The van der Waals surface area contributed by atoms with Crippen LogP contribution < -0.4 is 0 Å². The molecule has 0 N–H and O–H groups in total. The minimum Gasteiger partial charge on any atom is -0.0653 e. The first-order chi connectivity index (χ1) is 9.88. The monoisotopic (exact) mass is 260 g/mol. The van der Waals surface area contributed by atoms with E-state index in [2.05, 4.69) is 79.7 Å². The van der Waals surface area contributed by atoms with Gasteiger partial charge in [0.05, 0.1) is 0 Å². The Morgan fingerprint density at radius 1 is 0.700 bits per heavy atom. The van der Waals surface area contributed by atoms with Crippen molar-refractivity contribution in [1.29, 1.82) is 0 Å². The van der Waals surface area contributed by atoms with Crippen molar-refractivity contribution in [2.45, 2.75) is 25.7 Å². The second-order valence-electron chi connectivity index (χ2n) is 5.36. The van der Waals surface area contributed by atoms with E-state index in [9.17, 15) is 0 Å². The zero-order valence-corrected chi connectivity index (χ0v) is 11.9. The van der Waals surface area contributed by atoms with Gasteiger partial charge in [-0.05, 0) is 28.3 Å². The molecule has 3 aromatic carbocycles. The lowest BCUT2D eigenvalue weighted by Gasteiger charge is -2.18. The van der Waals surface area contributed by atoms with Gasteiger partial charge in [-0.25, -0.2) is 0 Å². The molecule has 0 amide bonds. The molecule has 3 aromatic rings. The first-order valence-corrected chi connectivity index (χ1v) is 7.42. The average molecular weight is 260 g/mol. The maximum Gasteiger partial charge on any atom is 0.00894 e. The topological polar surface area (TPSA) is 0 Å². The van der Waals surface area contributed by atoms with Crippen LogP contribution in [0.15, 0.2) is 72.8 Å². The van der Waals surface area contributed by atoms with Gasteiger partial charge in [0.15, 0.2) is 0 Å². The summed E-state index contributed by atoms with van der Waals surface area (Å²) in [5.74, 6) is 0.505. The smallest absolute Gasteiger partial charge is 0.00894 e. The lowest BCUT2D eigenvalue weighted by molar-refractivity contribution is 0.699. The molecule has 0 nitrogen and oxygen atoms in total. The third kappa shape index (κ3) is 2.60. The van der Waals surface area contributed by atoms with Crippen LogP contribution in [-0.2, 0) is 0 Å². The maximum atomic E-state index is 2.35. The summed E-state index contributed by atoms with van der Waals surface area (Å²) in [6.45, 7) is 2.26. The van der Waals surface area contributed by atoms with Gasteiger partial charge in [-0.3, -0.25) is 0 Å². The van der Waals surface area contributed by atoms with Crippen LogP contribution in [0.2, 0.25) is 0 Å². The summed E-state index contributed by atoms with van der Waals surface area (Å²) in [5, 5.41) is 2.65. The summed E-state index contributed by atoms with van der Waals surface area (Å²) in [6, 6.07) is 26.3. The fourth-order valence-electron chi connectivity index (χ4n) is 2.92. The number of rotatable bonds is 4. The summed E-state index contributed by atoms with van der Waals surface area (Å²) >= 11 is 0. The van der Waals surface area contributed by atoms with Crippen molar-refractivity contribution in [2.24, 2.45) is 0 Å². The van der Waals surface area contributed by atoms with E-state index >= 15 is 0 Å². The molecular formula is C20H20. The van der Waals surface area contributed by atoms with Crippen molar-refractivity contribution in [3.05, 3.63) is 83.9 Å². The molecule has 0 unspecified atom stereocenters. The molecule has 1 atom stereocenters. The molecule has 0 fully saturated rings. The molecule has 0 aromatic heterocycles. The van der Waals surface area contributed by atoms with Crippen LogP contribution in [0.4, 0.5) is 0 Å². The normalized spacial score (nSPS) is 12.4. The number of benzene rings is 3. The SMILES string of the molecule is CCC[C@H](c1ccccc1)c1ccc2ccccc2c1. The largest absolute Gasteiger partial charge is 0.0653 e. The van der Waals surface area contributed by atoms with Gasteiger partial charge in [0.1, 0.15) is 0 Å². The van der Waals surface area contributed by atoms with Crippen LogP contribution in [0.3, 0.4) is 0 Å². The predicted octanol–water partition coefficient (Wildman–Crippen LogP) is 5.77. The van der Waals surface area contributed by atoms with E-state index < -0.39 is 0 Å². The van der Waals surface area contributed by atoms with E-state index in [4.69, 9.17) is 0 Å². The highest BCUT2D eigenvalue weighted by Gasteiger charge is 2.13. The molecule has 0 heteroatoms. The quantitative estimate of drug-likeness (QED) is 0.558. The molecule has 0 bridgehead atoms. The molecule has 0 saturated heterocycles. The zero-order chi connectivity index (χ0) is 13.8. The van der Waals surface area contributed by atoms with Crippen molar-refractivity contribution in [3.8, 4) is 0 Å². The zero-order valence-electron chi connectivity index (χ0n) is 11.9.